The molecule has 0 aliphatic rings. The summed E-state index contributed by atoms with van der Waals surface area (Å²) in [5.74, 6) is 1.31. The number of nitrogens with zero attached hydrogens (tertiary/aromatic N) is 3. The highest BCUT2D eigenvalue weighted by atomic mass is 16.5. The molecule has 112 valence electrons. The lowest BCUT2D eigenvalue weighted by Gasteiger charge is -2.10. The first kappa shape index (κ1) is 14.8. The average molecular weight is 289 g/mol. The zero-order chi connectivity index (χ0) is 15.1. The molecule has 0 aliphatic carbocycles. The number of para-hydroxylation sites is 1. The van der Waals surface area contributed by atoms with E-state index in [1.54, 1.807) is 0 Å². The van der Waals surface area contributed by atoms with Crippen LogP contribution in [0.5, 0.6) is 11.8 Å². The SMILES string of the molecule is CC(C)Oc1nc(N)nc(NCCOc2ccccc2)n1. The molecule has 1 heterocycles. The van der Waals surface area contributed by atoms with Crippen LogP contribution in [-0.2, 0) is 0 Å². The molecule has 0 unspecified atom stereocenters. The van der Waals surface area contributed by atoms with E-state index >= 15 is 0 Å². The Labute approximate surface area is 123 Å². The van der Waals surface area contributed by atoms with Gasteiger partial charge in [-0.1, -0.05) is 18.2 Å². The van der Waals surface area contributed by atoms with Crippen LogP contribution >= 0.6 is 0 Å². The largest absolute Gasteiger partial charge is 0.492 e. The quantitative estimate of drug-likeness (QED) is 0.749. The maximum absolute atomic E-state index is 5.62. The third-order valence-electron chi connectivity index (χ3n) is 2.37. The van der Waals surface area contributed by atoms with Crippen LogP contribution in [0.2, 0.25) is 0 Å². The Balaban J connectivity index is 1.84. The van der Waals surface area contributed by atoms with Gasteiger partial charge in [0.1, 0.15) is 12.4 Å². The van der Waals surface area contributed by atoms with Crippen LogP contribution in [0.25, 0.3) is 0 Å². The molecule has 0 amide bonds. The number of rotatable bonds is 7. The smallest absolute Gasteiger partial charge is 0.323 e. The zero-order valence-corrected chi connectivity index (χ0v) is 12.1. The minimum absolute atomic E-state index is 0.0268. The second-order valence-corrected chi connectivity index (χ2v) is 4.55. The summed E-state index contributed by atoms with van der Waals surface area (Å²) >= 11 is 0. The van der Waals surface area contributed by atoms with E-state index in [1.807, 2.05) is 44.2 Å². The van der Waals surface area contributed by atoms with Crippen molar-refractivity contribution in [2.75, 3.05) is 24.2 Å². The molecule has 1 aromatic heterocycles. The van der Waals surface area contributed by atoms with Crippen LogP contribution in [0.15, 0.2) is 30.3 Å². The Hall–Kier alpha value is -2.57. The summed E-state index contributed by atoms with van der Waals surface area (Å²) in [6, 6.07) is 9.79. The highest BCUT2D eigenvalue weighted by Crippen LogP contribution is 2.11. The van der Waals surface area contributed by atoms with Gasteiger partial charge in [-0.2, -0.15) is 15.0 Å². The molecule has 0 spiro atoms. The van der Waals surface area contributed by atoms with E-state index in [9.17, 15) is 0 Å². The summed E-state index contributed by atoms with van der Waals surface area (Å²) in [7, 11) is 0. The first-order valence-electron chi connectivity index (χ1n) is 6.73. The molecule has 0 aliphatic heterocycles. The van der Waals surface area contributed by atoms with Gasteiger partial charge in [-0.05, 0) is 26.0 Å². The first-order chi connectivity index (χ1) is 10.1. The van der Waals surface area contributed by atoms with Crippen molar-refractivity contribution in [1.82, 2.24) is 15.0 Å². The van der Waals surface area contributed by atoms with Gasteiger partial charge in [0.05, 0.1) is 12.6 Å². The minimum Gasteiger partial charge on any atom is -0.492 e. The van der Waals surface area contributed by atoms with Gasteiger partial charge in [0.15, 0.2) is 0 Å². The normalized spacial score (nSPS) is 10.4. The Kier molecular flexibility index (Phi) is 5.14. The van der Waals surface area contributed by atoms with Crippen LogP contribution in [0.1, 0.15) is 13.8 Å². The standard InChI is InChI=1S/C14H19N5O2/c1-10(2)21-14-18-12(15)17-13(19-14)16-8-9-20-11-6-4-3-5-7-11/h3-7,10H,8-9H2,1-2H3,(H3,15,16,17,18,19). The number of nitrogens with two attached hydrogens (primary N) is 1. The van der Waals surface area contributed by atoms with Crippen molar-refractivity contribution >= 4 is 11.9 Å². The van der Waals surface area contributed by atoms with Crippen LogP contribution in [-0.4, -0.2) is 34.2 Å². The number of hydrogen-bond acceptors (Lipinski definition) is 7. The average Bonchev–Trinajstić information content (AvgIpc) is 2.43. The van der Waals surface area contributed by atoms with Gasteiger partial charge >= 0.3 is 6.01 Å². The highest BCUT2D eigenvalue weighted by molar-refractivity contribution is 5.32. The molecule has 2 rings (SSSR count). The number of nitrogens with one attached hydrogen (secondary N) is 1. The van der Waals surface area contributed by atoms with E-state index in [-0.39, 0.29) is 18.1 Å². The fourth-order valence-corrected chi connectivity index (χ4v) is 1.56. The van der Waals surface area contributed by atoms with E-state index in [0.717, 1.165) is 5.75 Å². The van der Waals surface area contributed by atoms with Crippen molar-refractivity contribution in [3.63, 3.8) is 0 Å². The zero-order valence-electron chi connectivity index (χ0n) is 12.1. The molecule has 0 saturated carbocycles. The number of anilines is 2. The maximum atomic E-state index is 5.62. The number of aromatic nitrogens is 3. The molecule has 3 N–H and O–H groups in total. The highest BCUT2D eigenvalue weighted by Gasteiger charge is 2.06. The molecule has 21 heavy (non-hydrogen) atoms. The van der Waals surface area contributed by atoms with E-state index in [1.165, 1.54) is 0 Å². The van der Waals surface area contributed by atoms with Crippen molar-refractivity contribution < 1.29 is 9.47 Å². The molecule has 0 radical (unpaired) electrons. The van der Waals surface area contributed by atoms with Crippen LogP contribution in [0.3, 0.4) is 0 Å². The van der Waals surface area contributed by atoms with Crippen molar-refractivity contribution in [2.24, 2.45) is 0 Å². The van der Waals surface area contributed by atoms with Gasteiger partial charge < -0.3 is 20.5 Å². The Morgan fingerprint density at radius 2 is 1.90 bits per heavy atom. The molecule has 7 nitrogen and oxygen atoms in total. The second-order valence-electron chi connectivity index (χ2n) is 4.55. The number of hydrogen-bond donors (Lipinski definition) is 2. The van der Waals surface area contributed by atoms with E-state index in [0.29, 0.717) is 19.1 Å². The van der Waals surface area contributed by atoms with Gasteiger partial charge in [-0.15, -0.1) is 0 Å². The molecular weight excluding hydrogens is 270 g/mol. The molecule has 0 saturated heterocycles. The predicted octanol–water partition coefficient (Wildman–Crippen LogP) is 1.73. The van der Waals surface area contributed by atoms with Crippen molar-refractivity contribution in [3.8, 4) is 11.8 Å². The maximum Gasteiger partial charge on any atom is 0.323 e. The van der Waals surface area contributed by atoms with E-state index in [2.05, 4.69) is 20.3 Å². The summed E-state index contributed by atoms with van der Waals surface area (Å²) in [6.45, 7) is 4.80. The lowest BCUT2D eigenvalue weighted by Crippen LogP contribution is -2.16. The van der Waals surface area contributed by atoms with Gasteiger partial charge in [0, 0.05) is 0 Å². The van der Waals surface area contributed by atoms with E-state index in [4.69, 9.17) is 15.2 Å². The minimum atomic E-state index is -0.0268. The molecule has 0 fully saturated rings. The van der Waals surface area contributed by atoms with Gasteiger partial charge in [-0.25, -0.2) is 0 Å². The third kappa shape index (κ3) is 5.13. The lowest BCUT2D eigenvalue weighted by molar-refractivity contribution is 0.222. The van der Waals surface area contributed by atoms with E-state index < -0.39 is 0 Å². The molecular formula is C14H19N5O2. The van der Waals surface area contributed by atoms with Crippen molar-refractivity contribution in [1.29, 1.82) is 0 Å². The summed E-state index contributed by atoms with van der Waals surface area (Å²) in [6.07, 6.45) is -0.0268. The molecule has 7 heteroatoms. The summed E-state index contributed by atoms with van der Waals surface area (Å²) < 4.78 is 11.0. The second kappa shape index (κ2) is 7.28. The molecule has 0 atom stereocenters. The van der Waals surface area contributed by atoms with Crippen LogP contribution in [0.4, 0.5) is 11.9 Å². The number of benzene rings is 1. The topological polar surface area (TPSA) is 95.2 Å². The third-order valence-corrected chi connectivity index (χ3v) is 2.37. The molecule has 0 bridgehead atoms. The Bertz CT molecular complexity index is 563. The molecule has 1 aromatic carbocycles. The lowest BCUT2D eigenvalue weighted by atomic mass is 10.3. The number of ether oxygens (including phenoxy) is 2. The fraction of sp³-hybridized carbons (Fsp3) is 0.357. The van der Waals surface area contributed by atoms with Crippen LogP contribution < -0.4 is 20.5 Å². The number of nitrogen functional groups attached to an aromatic ring is 1. The fourth-order valence-electron chi connectivity index (χ4n) is 1.56. The Morgan fingerprint density at radius 1 is 1.14 bits per heavy atom. The first-order valence-corrected chi connectivity index (χ1v) is 6.73. The van der Waals surface area contributed by atoms with Gasteiger partial charge in [0.2, 0.25) is 11.9 Å². The van der Waals surface area contributed by atoms with Crippen molar-refractivity contribution in [2.45, 2.75) is 20.0 Å². The molecule has 2 aromatic rings. The summed E-state index contributed by atoms with van der Waals surface area (Å²) in [5, 5.41) is 3.02. The van der Waals surface area contributed by atoms with Crippen LogP contribution in [0, 0.1) is 0 Å². The van der Waals surface area contributed by atoms with Gasteiger partial charge in [0.25, 0.3) is 0 Å². The van der Waals surface area contributed by atoms with Crippen molar-refractivity contribution in [3.05, 3.63) is 30.3 Å². The Morgan fingerprint density at radius 3 is 2.62 bits per heavy atom. The van der Waals surface area contributed by atoms with Gasteiger partial charge in [-0.3, -0.25) is 0 Å². The monoisotopic (exact) mass is 289 g/mol. The summed E-state index contributed by atoms with van der Waals surface area (Å²) in [5.41, 5.74) is 5.62. The summed E-state index contributed by atoms with van der Waals surface area (Å²) in [4.78, 5) is 12.0. The predicted molar refractivity (Wildman–Crippen MR) is 80.4 cm³/mol.